The number of hydrogen-bond acceptors (Lipinski definition) is 4. The zero-order valence-corrected chi connectivity index (χ0v) is 18.2. The van der Waals surface area contributed by atoms with Crippen molar-refractivity contribution < 1.29 is 19.2 Å². The van der Waals surface area contributed by atoms with E-state index in [4.69, 9.17) is 4.84 Å². The molecule has 0 spiro atoms. The Morgan fingerprint density at radius 1 is 0.765 bits per heavy atom. The number of imide groups is 1. The third-order valence-corrected chi connectivity index (χ3v) is 5.64. The highest BCUT2D eigenvalue weighted by Crippen LogP contribution is 2.27. The first-order valence-electron chi connectivity index (χ1n) is 10.9. The third-order valence-electron chi connectivity index (χ3n) is 5.64. The minimum absolute atomic E-state index is 0.0457. The van der Waals surface area contributed by atoms with E-state index in [0.29, 0.717) is 11.5 Å². The second kappa shape index (κ2) is 9.05. The van der Waals surface area contributed by atoms with Crippen molar-refractivity contribution in [2.75, 3.05) is 0 Å². The lowest BCUT2D eigenvalue weighted by Gasteiger charge is -2.12. The van der Waals surface area contributed by atoms with E-state index in [1.807, 2.05) is 48.5 Å². The van der Waals surface area contributed by atoms with Crippen LogP contribution in [0.15, 0.2) is 91.0 Å². The van der Waals surface area contributed by atoms with E-state index >= 15 is 0 Å². The summed E-state index contributed by atoms with van der Waals surface area (Å²) >= 11 is 0. The fraction of sp³-hybridized carbons (Fsp3) is 0.0690. The van der Waals surface area contributed by atoms with Gasteiger partial charge in [0.25, 0.3) is 11.8 Å². The smallest absolute Gasteiger partial charge is 0.330 e. The van der Waals surface area contributed by atoms with Crippen LogP contribution in [0.4, 0.5) is 0 Å². The standard InChI is InChI=1S/C29H19NO4/c31-27-16-17-28(32)30(27)34-29(33)18-14-21-11-9-20(10-12-21)13-15-26-24-7-3-1-5-22(24)19-23-6-2-4-8-25(23)26/h1-12,16-17,19H,14,18H2. The average molecular weight is 445 g/mol. The monoisotopic (exact) mass is 445 g/mol. The number of benzene rings is 4. The van der Waals surface area contributed by atoms with E-state index in [-0.39, 0.29) is 6.42 Å². The number of amides is 2. The number of rotatable bonds is 4. The molecule has 0 atom stereocenters. The molecule has 0 N–H and O–H groups in total. The minimum atomic E-state index is -0.653. The molecular weight excluding hydrogens is 426 g/mol. The molecule has 164 valence electrons. The molecular formula is C29H19NO4. The average Bonchev–Trinajstić information content (AvgIpc) is 3.18. The van der Waals surface area contributed by atoms with Gasteiger partial charge in [-0.25, -0.2) is 4.79 Å². The number of carbonyl (C=O) groups is 3. The first kappa shape index (κ1) is 21.2. The van der Waals surface area contributed by atoms with Crippen LogP contribution in [0.1, 0.15) is 23.1 Å². The molecule has 1 heterocycles. The molecule has 1 aliphatic heterocycles. The van der Waals surface area contributed by atoms with E-state index < -0.39 is 17.8 Å². The van der Waals surface area contributed by atoms with Gasteiger partial charge in [0.2, 0.25) is 0 Å². The number of carbonyl (C=O) groups excluding carboxylic acids is 3. The van der Waals surface area contributed by atoms with Crippen molar-refractivity contribution in [1.82, 2.24) is 5.06 Å². The van der Waals surface area contributed by atoms with Crippen molar-refractivity contribution in [3.8, 4) is 11.8 Å². The fourth-order valence-corrected chi connectivity index (χ4v) is 3.91. The molecule has 1 aliphatic rings. The normalized spacial score (nSPS) is 12.8. The molecule has 4 aromatic carbocycles. The summed E-state index contributed by atoms with van der Waals surface area (Å²) in [7, 11) is 0. The lowest BCUT2D eigenvalue weighted by Crippen LogP contribution is -2.32. The highest BCUT2D eigenvalue weighted by Gasteiger charge is 2.27. The van der Waals surface area contributed by atoms with E-state index in [2.05, 4.69) is 42.2 Å². The van der Waals surface area contributed by atoms with Crippen LogP contribution >= 0.6 is 0 Å². The van der Waals surface area contributed by atoms with Crippen molar-refractivity contribution in [2.45, 2.75) is 12.8 Å². The van der Waals surface area contributed by atoms with E-state index in [9.17, 15) is 14.4 Å². The molecule has 0 aromatic heterocycles. The Bertz CT molecular complexity index is 1470. The Hall–Kier alpha value is -4.69. The lowest BCUT2D eigenvalue weighted by molar-refractivity contribution is -0.196. The summed E-state index contributed by atoms with van der Waals surface area (Å²) in [4.78, 5) is 39.8. The van der Waals surface area contributed by atoms with Gasteiger partial charge in [0.15, 0.2) is 0 Å². The molecule has 4 aromatic rings. The van der Waals surface area contributed by atoms with E-state index in [1.165, 1.54) is 0 Å². The van der Waals surface area contributed by atoms with Crippen LogP contribution in [-0.4, -0.2) is 22.8 Å². The number of aryl methyl sites for hydroxylation is 1. The van der Waals surface area contributed by atoms with E-state index in [1.54, 1.807) is 0 Å². The van der Waals surface area contributed by atoms with Gasteiger partial charge >= 0.3 is 5.97 Å². The highest BCUT2D eigenvalue weighted by molar-refractivity contribution is 6.12. The summed E-state index contributed by atoms with van der Waals surface area (Å²) in [5, 5.41) is 5.02. The lowest BCUT2D eigenvalue weighted by atomic mass is 9.97. The van der Waals surface area contributed by atoms with Crippen LogP contribution in [0.3, 0.4) is 0 Å². The largest absolute Gasteiger partial charge is 0.333 e. The van der Waals surface area contributed by atoms with Gasteiger partial charge in [-0.2, -0.15) is 0 Å². The minimum Gasteiger partial charge on any atom is -0.330 e. The Balaban J connectivity index is 1.31. The second-order valence-electron chi connectivity index (χ2n) is 7.91. The van der Waals surface area contributed by atoms with Gasteiger partial charge in [0.1, 0.15) is 0 Å². The molecule has 0 fully saturated rings. The molecule has 0 bridgehead atoms. The van der Waals surface area contributed by atoms with Gasteiger partial charge in [0, 0.05) is 23.3 Å². The quantitative estimate of drug-likeness (QED) is 0.259. The van der Waals surface area contributed by atoms with Crippen molar-refractivity contribution in [1.29, 1.82) is 0 Å². The molecule has 0 unspecified atom stereocenters. The number of nitrogens with zero attached hydrogens (tertiary/aromatic N) is 1. The van der Waals surface area contributed by atoms with Crippen LogP contribution in [0, 0.1) is 11.8 Å². The van der Waals surface area contributed by atoms with E-state index in [0.717, 1.165) is 50.4 Å². The molecule has 0 aliphatic carbocycles. The molecule has 5 rings (SSSR count). The van der Waals surface area contributed by atoms with Crippen molar-refractivity contribution in [3.05, 3.63) is 108 Å². The molecule has 0 saturated heterocycles. The number of hydroxylamine groups is 2. The first-order chi connectivity index (χ1) is 16.6. The van der Waals surface area contributed by atoms with Crippen molar-refractivity contribution >= 4 is 39.3 Å². The van der Waals surface area contributed by atoms with Crippen molar-refractivity contribution in [2.24, 2.45) is 0 Å². The van der Waals surface area contributed by atoms with Crippen LogP contribution in [0.2, 0.25) is 0 Å². The first-order valence-corrected chi connectivity index (χ1v) is 10.9. The maximum Gasteiger partial charge on any atom is 0.333 e. The number of hydrogen-bond donors (Lipinski definition) is 0. The van der Waals surface area contributed by atoms with Crippen LogP contribution in [0.25, 0.3) is 21.5 Å². The summed E-state index contributed by atoms with van der Waals surface area (Å²) in [5.74, 6) is 4.68. The highest BCUT2D eigenvalue weighted by atomic mass is 16.7. The summed E-state index contributed by atoms with van der Waals surface area (Å²) in [6.07, 6.45) is 2.60. The molecule has 0 saturated carbocycles. The van der Waals surface area contributed by atoms with Gasteiger partial charge < -0.3 is 4.84 Å². The zero-order chi connectivity index (χ0) is 23.5. The molecule has 5 nitrogen and oxygen atoms in total. The summed E-state index contributed by atoms with van der Waals surface area (Å²) in [6.45, 7) is 0. The maximum absolute atomic E-state index is 12.0. The van der Waals surface area contributed by atoms with Crippen molar-refractivity contribution in [3.63, 3.8) is 0 Å². The zero-order valence-electron chi connectivity index (χ0n) is 18.2. The summed E-state index contributed by atoms with van der Waals surface area (Å²) in [6, 6.07) is 26.3. The molecule has 2 amide bonds. The third kappa shape index (κ3) is 4.30. The summed E-state index contributed by atoms with van der Waals surface area (Å²) in [5.41, 5.74) is 2.79. The van der Waals surface area contributed by atoms with Gasteiger partial charge in [-0.3, -0.25) is 9.59 Å². The van der Waals surface area contributed by atoms with Crippen LogP contribution in [-0.2, 0) is 25.6 Å². The Morgan fingerprint density at radius 3 is 1.97 bits per heavy atom. The topological polar surface area (TPSA) is 63.7 Å². The Labute approximate surface area is 196 Å². The predicted molar refractivity (Wildman–Crippen MR) is 129 cm³/mol. The Morgan fingerprint density at radius 2 is 1.35 bits per heavy atom. The Kier molecular flexibility index (Phi) is 5.63. The SMILES string of the molecule is O=C(CCc1ccc(C#Cc2c3ccccc3cc3ccccc23)cc1)ON1C(=O)C=CC1=O. The van der Waals surface area contributed by atoms with Crippen LogP contribution < -0.4 is 0 Å². The van der Waals surface area contributed by atoms with Gasteiger partial charge in [-0.05, 0) is 51.7 Å². The fourth-order valence-electron chi connectivity index (χ4n) is 3.91. The van der Waals surface area contributed by atoms with Gasteiger partial charge in [-0.15, -0.1) is 0 Å². The maximum atomic E-state index is 12.0. The molecule has 5 heteroatoms. The van der Waals surface area contributed by atoms with Gasteiger partial charge in [-0.1, -0.05) is 77.6 Å². The summed E-state index contributed by atoms with van der Waals surface area (Å²) < 4.78 is 0. The molecule has 34 heavy (non-hydrogen) atoms. The second-order valence-corrected chi connectivity index (χ2v) is 7.91. The molecule has 0 radical (unpaired) electrons. The van der Waals surface area contributed by atoms with Gasteiger partial charge in [0.05, 0.1) is 6.42 Å². The predicted octanol–water partition coefficient (Wildman–Crippen LogP) is 4.71. The number of fused-ring (bicyclic) bond motifs is 2. The van der Waals surface area contributed by atoms with Crippen LogP contribution in [0.5, 0.6) is 0 Å².